The number of hydrogen-bond acceptors (Lipinski definition) is 0. The minimum atomic E-state index is 0.440. The van der Waals surface area contributed by atoms with Crippen LogP contribution in [0.15, 0.2) is 23.8 Å². The van der Waals surface area contributed by atoms with E-state index < -0.39 is 0 Å². The zero-order valence-electron chi connectivity index (χ0n) is 8.19. The molecule has 0 aromatic carbocycles. The summed E-state index contributed by atoms with van der Waals surface area (Å²) in [6.45, 7) is 4.47. The van der Waals surface area contributed by atoms with Crippen LogP contribution < -0.4 is 0 Å². The van der Waals surface area contributed by atoms with Gasteiger partial charge in [0.05, 0.1) is 0 Å². The summed E-state index contributed by atoms with van der Waals surface area (Å²) in [6.07, 6.45) is 10.8. The van der Waals surface area contributed by atoms with E-state index in [1.165, 1.54) is 24.8 Å². The predicted molar refractivity (Wildman–Crippen MR) is 74.0 cm³/mol. The van der Waals surface area contributed by atoms with Gasteiger partial charge >= 0.3 is 50.0 Å². The average molecular weight is 438 g/mol. The molecule has 1 unspecified atom stereocenters. The van der Waals surface area contributed by atoms with Crippen LogP contribution in [0.5, 0.6) is 0 Å². The van der Waals surface area contributed by atoms with Crippen LogP contribution in [0.2, 0.25) is 0 Å². The van der Waals surface area contributed by atoms with Gasteiger partial charge < -0.3 is 0 Å². The van der Waals surface area contributed by atoms with E-state index in [2.05, 4.69) is 70.5 Å². The predicted octanol–water partition coefficient (Wildman–Crippen LogP) is 5.08. The molecule has 0 aromatic heterocycles. The Morgan fingerprint density at radius 1 is 1.46 bits per heavy atom. The fourth-order valence-corrected chi connectivity index (χ4v) is 1.27. The summed E-state index contributed by atoms with van der Waals surface area (Å²) in [5, 5.41) is 0. The molecular weight excluding hydrogens is 422 g/mol. The van der Waals surface area contributed by atoms with Gasteiger partial charge in [-0.2, -0.15) is 0 Å². The maximum absolute atomic E-state index is 2.40. The van der Waals surface area contributed by atoms with Crippen LogP contribution in [-0.2, 0) is 11.7 Å². The molecule has 0 spiro atoms. The molecule has 1 aliphatic carbocycles. The summed E-state index contributed by atoms with van der Waals surface area (Å²) < 4.78 is 0. The van der Waals surface area contributed by atoms with Crippen molar-refractivity contribution in [2.24, 2.45) is 5.92 Å². The Morgan fingerprint density at radius 2 is 2.08 bits per heavy atom. The number of unbranched alkanes of at least 4 members (excludes halogenated alkanes) is 1. The molecule has 0 saturated heterocycles. The standard InChI is InChI=1S/C10H16.2HI.Ti/c1-3-4-5-10-7-6-9(2)8-10;;;/h6-9H,3-5H2,1-2H3;2*1H;/q;;;+2/p-2. The van der Waals surface area contributed by atoms with Crippen molar-refractivity contribution in [1.29, 1.82) is 0 Å². The molecule has 1 aliphatic rings. The third-order valence-electron chi connectivity index (χ3n) is 1.91. The maximum atomic E-state index is 2.40. The summed E-state index contributed by atoms with van der Waals surface area (Å²) in [7, 11) is 0. The average Bonchev–Trinajstić information content (AvgIpc) is 2.49. The third kappa shape index (κ3) is 8.64. The van der Waals surface area contributed by atoms with Gasteiger partial charge in [-0.25, -0.2) is 0 Å². The molecule has 0 fully saturated rings. The van der Waals surface area contributed by atoms with Crippen molar-refractivity contribution in [2.75, 3.05) is 0 Å². The molecular formula is C10H16I2Ti. The molecule has 1 rings (SSSR count). The van der Waals surface area contributed by atoms with Gasteiger partial charge in [0, 0.05) is 0 Å². The van der Waals surface area contributed by atoms with E-state index in [-0.39, 0.29) is 0 Å². The molecule has 0 heterocycles. The van der Waals surface area contributed by atoms with Gasteiger partial charge in [-0.1, -0.05) is 44.1 Å². The first-order valence-electron chi connectivity index (χ1n) is 4.59. The van der Waals surface area contributed by atoms with Gasteiger partial charge in [-0.3, -0.25) is 0 Å². The van der Waals surface area contributed by atoms with E-state index in [0.717, 1.165) is 0 Å². The first-order chi connectivity index (χ1) is 6.24. The molecule has 1 atom stereocenters. The summed E-state index contributed by atoms with van der Waals surface area (Å²) >= 11 is 5.24. The Balaban J connectivity index is 0.000000424. The van der Waals surface area contributed by atoms with Gasteiger partial charge in [0.15, 0.2) is 0 Å². The molecule has 0 aromatic rings. The quantitative estimate of drug-likeness (QED) is 0.427. The van der Waals surface area contributed by atoms with Gasteiger partial charge in [0.2, 0.25) is 0 Å². The molecule has 13 heavy (non-hydrogen) atoms. The Bertz CT molecular complexity index is 176. The summed E-state index contributed by atoms with van der Waals surface area (Å²) in [5.74, 6) is 0.687. The number of halogens is 2. The molecule has 0 aliphatic heterocycles. The SMILES string of the molecule is CCCCC1=CC(C)C=C1.[I][Ti][I]. The third-order valence-corrected chi connectivity index (χ3v) is 1.91. The van der Waals surface area contributed by atoms with Crippen molar-refractivity contribution in [3.8, 4) is 0 Å². The Hall–Kier alpha value is 1.65. The first kappa shape index (κ1) is 14.7. The van der Waals surface area contributed by atoms with Crippen molar-refractivity contribution >= 4 is 38.4 Å². The van der Waals surface area contributed by atoms with Gasteiger partial charge in [0.1, 0.15) is 0 Å². The van der Waals surface area contributed by atoms with E-state index in [9.17, 15) is 0 Å². The first-order valence-corrected chi connectivity index (χ1v) is 14.7. The zero-order valence-corrected chi connectivity index (χ0v) is 14.1. The zero-order chi connectivity index (χ0) is 10.1. The molecule has 0 bridgehead atoms. The van der Waals surface area contributed by atoms with Gasteiger partial charge in [0.25, 0.3) is 0 Å². The minimum absolute atomic E-state index is 0.440. The van der Waals surface area contributed by atoms with Crippen molar-refractivity contribution in [2.45, 2.75) is 33.1 Å². The second kappa shape index (κ2) is 10.2. The van der Waals surface area contributed by atoms with Crippen LogP contribution in [0.25, 0.3) is 0 Å². The van der Waals surface area contributed by atoms with Gasteiger partial charge in [-0.15, -0.1) is 0 Å². The molecule has 3 heteroatoms. The van der Waals surface area contributed by atoms with Crippen LogP contribution >= 0.6 is 38.4 Å². The molecule has 0 amide bonds. The summed E-state index contributed by atoms with van der Waals surface area (Å²) in [5.41, 5.74) is 1.54. The van der Waals surface area contributed by atoms with Crippen molar-refractivity contribution in [3.05, 3.63) is 23.8 Å². The molecule has 0 radical (unpaired) electrons. The molecule has 0 nitrogen and oxygen atoms in total. The van der Waals surface area contributed by atoms with Gasteiger partial charge in [-0.05, 0) is 18.8 Å². The van der Waals surface area contributed by atoms with Crippen LogP contribution in [0.4, 0.5) is 0 Å². The molecule has 74 valence electrons. The fraction of sp³-hybridized carbons (Fsp3) is 0.600. The fourth-order valence-electron chi connectivity index (χ4n) is 1.27. The van der Waals surface area contributed by atoms with E-state index in [0.29, 0.717) is 17.6 Å². The van der Waals surface area contributed by atoms with Crippen molar-refractivity contribution in [1.82, 2.24) is 0 Å². The second-order valence-corrected chi connectivity index (χ2v) is 16.3. The van der Waals surface area contributed by atoms with E-state index >= 15 is 0 Å². The topological polar surface area (TPSA) is 0 Å². The molecule has 0 N–H and O–H groups in total. The Morgan fingerprint density at radius 3 is 2.46 bits per heavy atom. The van der Waals surface area contributed by atoms with Crippen LogP contribution in [0.3, 0.4) is 0 Å². The van der Waals surface area contributed by atoms with Crippen LogP contribution in [-0.4, -0.2) is 0 Å². The van der Waals surface area contributed by atoms with Crippen LogP contribution in [0.1, 0.15) is 33.1 Å². The molecule has 0 saturated carbocycles. The Labute approximate surface area is 111 Å². The van der Waals surface area contributed by atoms with E-state index in [1.54, 1.807) is 0 Å². The summed E-state index contributed by atoms with van der Waals surface area (Å²) in [6, 6.07) is 0. The van der Waals surface area contributed by atoms with Crippen molar-refractivity contribution in [3.63, 3.8) is 0 Å². The number of allylic oxidation sites excluding steroid dienone is 4. The van der Waals surface area contributed by atoms with Crippen molar-refractivity contribution < 1.29 is 11.7 Å². The number of rotatable bonds is 3. The number of hydrogen-bond donors (Lipinski definition) is 0. The normalized spacial score (nSPS) is 19.1. The summed E-state index contributed by atoms with van der Waals surface area (Å²) in [4.78, 5) is 0. The van der Waals surface area contributed by atoms with E-state index in [4.69, 9.17) is 0 Å². The van der Waals surface area contributed by atoms with Crippen LogP contribution in [0, 0.1) is 5.92 Å². The monoisotopic (exact) mass is 438 g/mol. The second-order valence-electron chi connectivity index (χ2n) is 3.13. The van der Waals surface area contributed by atoms with E-state index in [1.807, 2.05) is 0 Å². The Kier molecular flexibility index (Phi) is 11.5.